The highest BCUT2D eigenvalue weighted by molar-refractivity contribution is 7.13. The zero-order valence-corrected chi connectivity index (χ0v) is 9.94. The number of anilines is 1. The maximum Gasteiger partial charge on any atom is 0.360 e. The number of thiazole rings is 1. The van der Waals surface area contributed by atoms with Crippen molar-refractivity contribution >= 4 is 34.1 Å². The standard InChI is InChI=1S/C9H10N4O4S/c10-9-12-4(3-18-9)6(8(15)16)13-17-5-1-2-11-7(5)14/h3,5H,1-2H2,(H2,10,12)(H,11,14)(H,15,16). The molecule has 0 spiro atoms. The molecule has 1 atom stereocenters. The van der Waals surface area contributed by atoms with Crippen molar-refractivity contribution in [2.24, 2.45) is 5.16 Å². The van der Waals surface area contributed by atoms with E-state index in [0.717, 1.165) is 11.3 Å². The van der Waals surface area contributed by atoms with Crippen LogP contribution in [0.15, 0.2) is 10.5 Å². The van der Waals surface area contributed by atoms with Crippen molar-refractivity contribution in [3.8, 4) is 0 Å². The Morgan fingerprint density at radius 2 is 2.50 bits per heavy atom. The Labute approximate surface area is 105 Å². The average molecular weight is 270 g/mol. The number of carbonyl (C=O) groups is 2. The molecule has 0 bridgehead atoms. The van der Waals surface area contributed by atoms with E-state index in [1.165, 1.54) is 5.38 Å². The molecule has 0 saturated carbocycles. The van der Waals surface area contributed by atoms with Gasteiger partial charge in [-0.15, -0.1) is 11.3 Å². The number of carboxylic acid groups (broad SMARTS) is 1. The van der Waals surface area contributed by atoms with E-state index < -0.39 is 12.1 Å². The molecule has 0 radical (unpaired) electrons. The molecule has 2 heterocycles. The van der Waals surface area contributed by atoms with Crippen molar-refractivity contribution in [1.29, 1.82) is 0 Å². The lowest BCUT2D eigenvalue weighted by molar-refractivity contribution is -0.131. The summed E-state index contributed by atoms with van der Waals surface area (Å²) in [7, 11) is 0. The molecule has 1 unspecified atom stereocenters. The first-order valence-corrected chi connectivity index (χ1v) is 5.92. The van der Waals surface area contributed by atoms with Crippen LogP contribution in [0, 0.1) is 0 Å². The van der Waals surface area contributed by atoms with E-state index in [4.69, 9.17) is 15.7 Å². The molecule has 1 aromatic heterocycles. The fourth-order valence-corrected chi connectivity index (χ4v) is 1.93. The summed E-state index contributed by atoms with van der Waals surface area (Å²) in [5.41, 5.74) is 5.15. The molecule has 1 aliphatic heterocycles. The Bertz CT molecular complexity index is 512. The van der Waals surface area contributed by atoms with Crippen LogP contribution in [0.5, 0.6) is 0 Å². The summed E-state index contributed by atoms with van der Waals surface area (Å²) in [4.78, 5) is 30.9. The first-order valence-electron chi connectivity index (χ1n) is 5.04. The van der Waals surface area contributed by atoms with Gasteiger partial charge in [-0.2, -0.15) is 0 Å². The Balaban J connectivity index is 2.15. The molecule has 9 heteroatoms. The van der Waals surface area contributed by atoms with Crippen molar-refractivity contribution in [3.05, 3.63) is 11.1 Å². The number of hydrogen-bond acceptors (Lipinski definition) is 7. The van der Waals surface area contributed by atoms with Crippen LogP contribution in [0.2, 0.25) is 0 Å². The Morgan fingerprint density at radius 1 is 1.72 bits per heavy atom. The van der Waals surface area contributed by atoms with Crippen LogP contribution in [-0.4, -0.2) is 40.3 Å². The van der Waals surface area contributed by atoms with Gasteiger partial charge in [0.25, 0.3) is 5.91 Å². The summed E-state index contributed by atoms with van der Waals surface area (Å²) in [6.45, 7) is 0.491. The third-order valence-corrected chi connectivity index (χ3v) is 2.91. The monoisotopic (exact) mass is 270 g/mol. The van der Waals surface area contributed by atoms with E-state index >= 15 is 0 Å². The number of rotatable bonds is 4. The highest BCUT2D eigenvalue weighted by atomic mass is 32.1. The first kappa shape index (κ1) is 12.3. The second kappa shape index (κ2) is 5.00. The van der Waals surface area contributed by atoms with Crippen LogP contribution in [0.25, 0.3) is 0 Å². The van der Waals surface area contributed by atoms with Crippen LogP contribution in [-0.2, 0) is 14.4 Å². The average Bonchev–Trinajstić information content (AvgIpc) is 2.89. The predicted molar refractivity (Wildman–Crippen MR) is 63.2 cm³/mol. The molecule has 4 N–H and O–H groups in total. The summed E-state index contributed by atoms with van der Waals surface area (Å²) >= 11 is 1.10. The second-order valence-electron chi connectivity index (χ2n) is 3.49. The quantitative estimate of drug-likeness (QED) is 0.496. The number of oxime groups is 1. The molecular formula is C9H10N4O4S. The van der Waals surface area contributed by atoms with Gasteiger partial charge in [0.1, 0.15) is 5.69 Å². The number of nitrogens with zero attached hydrogens (tertiary/aromatic N) is 2. The number of nitrogens with one attached hydrogen (secondary N) is 1. The van der Waals surface area contributed by atoms with Crippen molar-refractivity contribution in [1.82, 2.24) is 10.3 Å². The van der Waals surface area contributed by atoms with E-state index in [1.54, 1.807) is 0 Å². The molecule has 1 amide bonds. The third kappa shape index (κ3) is 2.56. The van der Waals surface area contributed by atoms with Crippen LogP contribution < -0.4 is 11.1 Å². The van der Waals surface area contributed by atoms with Gasteiger partial charge in [0.15, 0.2) is 5.13 Å². The lowest BCUT2D eigenvalue weighted by atomic mass is 10.3. The summed E-state index contributed by atoms with van der Waals surface area (Å²) in [6, 6.07) is 0. The van der Waals surface area contributed by atoms with Gasteiger partial charge in [0, 0.05) is 18.3 Å². The van der Waals surface area contributed by atoms with E-state index in [1.807, 2.05) is 0 Å². The van der Waals surface area contributed by atoms with Gasteiger partial charge >= 0.3 is 5.97 Å². The molecule has 96 valence electrons. The number of carboxylic acids is 1. The third-order valence-electron chi connectivity index (χ3n) is 2.24. The summed E-state index contributed by atoms with van der Waals surface area (Å²) < 4.78 is 0. The van der Waals surface area contributed by atoms with Crippen molar-refractivity contribution in [2.45, 2.75) is 12.5 Å². The smallest absolute Gasteiger partial charge is 0.360 e. The first-order chi connectivity index (χ1) is 8.58. The zero-order chi connectivity index (χ0) is 13.1. The largest absolute Gasteiger partial charge is 0.476 e. The molecule has 1 aromatic rings. The zero-order valence-electron chi connectivity index (χ0n) is 9.12. The predicted octanol–water partition coefficient (Wildman–Crippen LogP) is -0.581. The summed E-state index contributed by atoms with van der Waals surface area (Å²) in [5, 5.41) is 16.7. The Morgan fingerprint density at radius 3 is 3.00 bits per heavy atom. The van der Waals surface area contributed by atoms with E-state index in [-0.39, 0.29) is 22.4 Å². The molecule has 1 saturated heterocycles. The second-order valence-corrected chi connectivity index (χ2v) is 4.38. The van der Waals surface area contributed by atoms with Crippen LogP contribution in [0.1, 0.15) is 12.1 Å². The van der Waals surface area contributed by atoms with Gasteiger partial charge in [0.2, 0.25) is 11.8 Å². The minimum atomic E-state index is -1.29. The number of aromatic nitrogens is 1. The molecular weight excluding hydrogens is 260 g/mol. The van der Waals surface area contributed by atoms with E-state index in [0.29, 0.717) is 13.0 Å². The number of nitrogens with two attached hydrogens (primary N) is 1. The Hall–Kier alpha value is -2.16. The lowest BCUT2D eigenvalue weighted by Crippen LogP contribution is -2.25. The van der Waals surface area contributed by atoms with Gasteiger partial charge in [-0.05, 0) is 0 Å². The molecule has 0 aliphatic carbocycles. The van der Waals surface area contributed by atoms with E-state index in [9.17, 15) is 9.59 Å². The number of amides is 1. The minimum Gasteiger partial charge on any atom is -0.476 e. The van der Waals surface area contributed by atoms with Gasteiger partial charge < -0.3 is 21.0 Å². The fourth-order valence-electron chi connectivity index (χ4n) is 1.38. The van der Waals surface area contributed by atoms with E-state index in [2.05, 4.69) is 15.5 Å². The van der Waals surface area contributed by atoms with Crippen LogP contribution in [0.3, 0.4) is 0 Å². The number of hydrogen-bond donors (Lipinski definition) is 3. The molecule has 1 aliphatic rings. The van der Waals surface area contributed by atoms with Gasteiger partial charge in [-0.3, -0.25) is 4.79 Å². The van der Waals surface area contributed by atoms with Crippen LogP contribution in [0.4, 0.5) is 5.13 Å². The molecule has 8 nitrogen and oxygen atoms in total. The van der Waals surface area contributed by atoms with Gasteiger partial charge in [0.05, 0.1) is 0 Å². The highest BCUT2D eigenvalue weighted by Gasteiger charge is 2.27. The summed E-state index contributed by atoms with van der Waals surface area (Å²) in [5.74, 6) is -1.60. The lowest BCUT2D eigenvalue weighted by Gasteiger charge is -2.04. The molecule has 2 rings (SSSR count). The number of aliphatic carboxylic acids is 1. The topological polar surface area (TPSA) is 127 Å². The fraction of sp³-hybridized carbons (Fsp3) is 0.333. The van der Waals surface area contributed by atoms with Gasteiger partial charge in [-0.25, -0.2) is 9.78 Å². The molecule has 1 fully saturated rings. The maximum atomic E-state index is 11.2. The number of nitrogen functional groups attached to an aromatic ring is 1. The molecule has 18 heavy (non-hydrogen) atoms. The SMILES string of the molecule is Nc1nc(C(=NOC2CCNC2=O)C(=O)O)cs1. The normalized spacial score (nSPS) is 19.7. The summed E-state index contributed by atoms with van der Waals surface area (Å²) in [6.07, 6.45) is -0.302. The van der Waals surface area contributed by atoms with Crippen molar-refractivity contribution in [3.63, 3.8) is 0 Å². The minimum absolute atomic E-state index is 0.114. The van der Waals surface area contributed by atoms with Crippen LogP contribution >= 0.6 is 11.3 Å². The maximum absolute atomic E-state index is 11.2. The van der Waals surface area contributed by atoms with Crippen molar-refractivity contribution in [2.75, 3.05) is 12.3 Å². The highest BCUT2D eigenvalue weighted by Crippen LogP contribution is 2.13. The Kier molecular flexibility index (Phi) is 3.42. The number of carbonyl (C=O) groups excluding carboxylic acids is 1. The van der Waals surface area contributed by atoms with Crippen molar-refractivity contribution < 1.29 is 19.5 Å². The molecule has 0 aromatic carbocycles. The van der Waals surface area contributed by atoms with Gasteiger partial charge in [-0.1, -0.05) is 5.16 Å².